The molecular weight excluding hydrogens is 436 g/mol. The van der Waals surface area contributed by atoms with Crippen LogP contribution in [-0.4, -0.2) is 61.0 Å². The van der Waals surface area contributed by atoms with Crippen molar-refractivity contribution in [1.29, 1.82) is 0 Å². The van der Waals surface area contributed by atoms with Gasteiger partial charge in [-0.15, -0.1) is 0 Å². The van der Waals surface area contributed by atoms with Crippen molar-refractivity contribution in [2.24, 2.45) is 5.92 Å². The van der Waals surface area contributed by atoms with Crippen LogP contribution < -0.4 is 0 Å². The monoisotopic (exact) mass is 466 g/mol. The van der Waals surface area contributed by atoms with Crippen molar-refractivity contribution in [3.63, 3.8) is 0 Å². The summed E-state index contributed by atoms with van der Waals surface area (Å²) in [6.45, 7) is 2.77. The van der Waals surface area contributed by atoms with Crippen molar-refractivity contribution < 1.29 is 18.0 Å². The molecule has 2 amide bonds. The molecule has 2 aliphatic heterocycles. The second-order valence-corrected chi connectivity index (χ2v) is 11.9. The van der Waals surface area contributed by atoms with Gasteiger partial charge in [0.15, 0.2) is 14.6 Å². The Bertz CT molecular complexity index is 911. The molecule has 0 spiro atoms. The first kappa shape index (κ1) is 22.6. The minimum Gasteiger partial charge on any atom is -0.343 e. The van der Waals surface area contributed by atoms with E-state index in [9.17, 15) is 18.0 Å². The summed E-state index contributed by atoms with van der Waals surface area (Å²) in [6, 6.07) is 6.12. The van der Waals surface area contributed by atoms with Crippen LogP contribution in [0.15, 0.2) is 29.2 Å². The van der Waals surface area contributed by atoms with Crippen LogP contribution >= 0.6 is 11.6 Å². The molecule has 0 atom stereocenters. The number of rotatable bonds is 5. The van der Waals surface area contributed by atoms with Crippen molar-refractivity contribution >= 4 is 33.3 Å². The van der Waals surface area contributed by atoms with Crippen LogP contribution in [0.1, 0.15) is 57.8 Å². The lowest BCUT2D eigenvalue weighted by molar-refractivity contribution is -0.135. The van der Waals surface area contributed by atoms with Gasteiger partial charge in [-0.25, -0.2) is 8.42 Å². The minimum absolute atomic E-state index is 0.165. The van der Waals surface area contributed by atoms with Gasteiger partial charge in [0.1, 0.15) is 0 Å². The summed E-state index contributed by atoms with van der Waals surface area (Å²) in [6.07, 6.45) is 6.42. The van der Waals surface area contributed by atoms with E-state index in [0.29, 0.717) is 37.4 Å². The Hall–Kier alpha value is -1.60. The average molecular weight is 467 g/mol. The van der Waals surface area contributed by atoms with E-state index in [1.165, 1.54) is 12.1 Å². The number of likely N-dealkylation sites (tertiary alicyclic amines) is 2. The molecule has 0 radical (unpaired) electrons. The zero-order valence-electron chi connectivity index (χ0n) is 17.9. The molecule has 1 aliphatic carbocycles. The molecule has 1 aromatic carbocycles. The van der Waals surface area contributed by atoms with Gasteiger partial charge in [-0.2, -0.15) is 0 Å². The van der Waals surface area contributed by atoms with E-state index in [1.807, 2.05) is 4.90 Å². The molecule has 8 heteroatoms. The summed E-state index contributed by atoms with van der Waals surface area (Å²) < 4.78 is 25.8. The fourth-order valence-corrected chi connectivity index (χ4v) is 7.61. The number of hydrogen-bond acceptors (Lipinski definition) is 4. The lowest BCUT2D eigenvalue weighted by Gasteiger charge is -2.38. The SMILES string of the molecule is O=C(CC1CCN(C(=O)C2(S(=O)(=O)c3ccc(Cl)cc3)CCCC2)CC1)N1CCCC1. The molecule has 1 saturated carbocycles. The minimum atomic E-state index is -3.82. The number of halogens is 1. The van der Waals surface area contributed by atoms with E-state index in [0.717, 1.165) is 51.6 Å². The van der Waals surface area contributed by atoms with E-state index in [-0.39, 0.29) is 22.6 Å². The first-order chi connectivity index (χ1) is 14.8. The first-order valence-corrected chi connectivity index (χ1v) is 13.3. The summed E-state index contributed by atoms with van der Waals surface area (Å²) in [7, 11) is -3.82. The average Bonchev–Trinajstić information content (AvgIpc) is 3.47. The Morgan fingerprint density at radius 1 is 0.903 bits per heavy atom. The molecule has 3 aliphatic rings. The Kier molecular flexibility index (Phi) is 6.63. The highest BCUT2D eigenvalue weighted by molar-refractivity contribution is 7.93. The second-order valence-electron chi connectivity index (χ2n) is 9.19. The Balaban J connectivity index is 1.44. The molecule has 3 fully saturated rings. The van der Waals surface area contributed by atoms with Crippen molar-refractivity contribution in [1.82, 2.24) is 9.80 Å². The summed E-state index contributed by atoms with van der Waals surface area (Å²) >= 11 is 5.93. The van der Waals surface area contributed by atoms with Gasteiger partial charge in [0.25, 0.3) is 0 Å². The summed E-state index contributed by atoms with van der Waals surface area (Å²) in [5, 5.41) is 0.469. The van der Waals surface area contributed by atoms with E-state index < -0.39 is 14.6 Å². The fourth-order valence-electron chi connectivity index (χ4n) is 5.35. The maximum Gasteiger partial charge on any atom is 0.244 e. The Labute approximate surface area is 189 Å². The normalized spacial score (nSPS) is 22.1. The second kappa shape index (κ2) is 9.10. The fraction of sp³-hybridized carbons (Fsp3) is 0.652. The van der Waals surface area contributed by atoms with Crippen molar-refractivity contribution in [2.45, 2.75) is 67.4 Å². The number of carbonyl (C=O) groups is 2. The van der Waals surface area contributed by atoms with E-state index in [1.54, 1.807) is 17.0 Å². The van der Waals surface area contributed by atoms with Gasteiger partial charge in [-0.3, -0.25) is 9.59 Å². The molecule has 0 bridgehead atoms. The molecule has 2 saturated heterocycles. The Morgan fingerprint density at radius 2 is 1.48 bits per heavy atom. The molecule has 0 aromatic heterocycles. The number of benzene rings is 1. The van der Waals surface area contributed by atoms with E-state index >= 15 is 0 Å². The topological polar surface area (TPSA) is 74.8 Å². The largest absolute Gasteiger partial charge is 0.343 e. The van der Waals surface area contributed by atoms with Crippen LogP contribution in [0.5, 0.6) is 0 Å². The Morgan fingerprint density at radius 3 is 2.06 bits per heavy atom. The van der Waals surface area contributed by atoms with Crippen LogP contribution in [0.25, 0.3) is 0 Å². The first-order valence-electron chi connectivity index (χ1n) is 11.4. The van der Waals surface area contributed by atoms with E-state index in [2.05, 4.69) is 0 Å². The quantitative estimate of drug-likeness (QED) is 0.663. The summed E-state index contributed by atoms with van der Waals surface area (Å²) in [4.78, 5) is 29.9. The van der Waals surface area contributed by atoms with Gasteiger partial charge in [0.2, 0.25) is 11.8 Å². The highest BCUT2D eigenvalue weighted by Gasteiger charge is 2.54. The maximum absolute atomic E-state index is 13.6. The van der Waals surface area contributed by atoms with Crippen LogP contribution in [0.2, 0.25) is 5.02 Å². The number of carbonyl (C=O) groups excluding carboxylic acids is 2. The number of piperidine rings is 1. The third-order valence-electron chi connectivity index (χ3n) is 7.26. The summed E-state index contributed by atoms with van der Waals surface area (Å²) in [5.41, 5.74) is 0. The number of hydrogen-bond donors (Lipinski definition) is 0. The maximum atomic E-state index is 13.6. The molecule has 2 heterocycles. The summed E-state index contributed by atoms with van der Waals surface area (Å²) in [5.74, 6) is 0.230. The van der Waals surface area contributed by atoms with Crippen LogP contribution in [0, 0.1) is 5.92 Å². The molecule has 0 N–H and O–H groups in total. The standard InChI is InChI=1S/C23H31ClN2O4S/c24-19-5-7-20(8-6-19)31(29,30)23(11-1-2-12-23)22(28)26-15-9-18(10-16-26)17-21(27)25-13-3-4-14-25/h5-8,18H,1-4,9-17H2. The van der Waals surface area contributed by atoms with Crippen molar-refractivity contribution in [2.75, 3.05) is 26.2 Å². The molecule has 0 unspecified atom stereocenters. The molecule has 4 rings (SSSR count). The van der Waals surface area contributed by atoms with Crippen LogP contribution in [0.3, 0.4) is 0 Å². The third-order valence-corrected chi connectivity index (χ3v) is 10.0. The third kappa shape index (κ3) is 4.36. The molecule has 170 valence electrons. The van der Waals surface area contributed by atoms with Gasteiger partial charge >= 0.3 is 0 Å². The van der Waals surface area contributed by atoms with E-state index in [4.69, 9.17) is 11.6 Å². The number of sulfone groups is 1. The lowest BCUT2D eigenvalue weighted by atomic mass is 9.92. The highest BCUT2D eigenvalue weighted by atomic mass is 35.5. The molecule has 1 aromatic rings. The molecule has 31 heavy (non-hydrogen) atoms. The highest BCUT2D eigenvalue weighted by Crippen LogP contribution is 2.42. The lowest BCUT2D eigenvalue weighted by Crippen LogP contribution is -2.54. The van der Waals surface area contributed by atoms with Gasteiger partial charge in [-0.1, -0.05) is 24.4 Å². The van der Waals surface area contributed by atoms with Crippen LogP contribution in [-0.2, 0) is 19.4 Å². The predicted molar refractivity (Wildman–Crippen MR) is 120 cm³/mol. The smallest absolute Gasteiger partial charge is 0.244 e. The number of nitrogens with zero attached hydrogens (tertiary/aromatic N) is 2. The van der Waals surface area contributed by atoms with Gasteiger partial charge in [0.05, 0.1) is 4.90 Å². The van der Waals surface area contributed by atoms with Crippen molar-refractivity contribution in [3.8, 4) is 0 Å². The predicted octanol–water partition coefficient (Wildman–Crippen LogP) is 3.68. The van der Waals surface area contributed by atoms with Crippen molar-refractivity contribution in [3.05, 3.63) is 29.3 Å². The number of amides is 2. The van der Waals surface area contributed by atoms with Gasteiger partial charge in [0, 0.05) is 37.6 Å². The molecule has 6 nitrogen and oxygen atoms in total. The van der Waals surface area contributed by atoms with Gasteiger partial charge < -0.3 is 9.80 Å². The van der Waals surface area contributed by atoms with Gasteiger partial charge in [-0.05, 0) is 68.7 Å². The zero-order chi connectivity index (χ0) is 22.1. The zero-order valence-corrected chi connectivity index (χ0v) is 19.5. The molecular formula is C23H31ClN2O4S. The van der Waals surface area contributed by atoms with Crippen LogP contribution in [0.4, 0.5) is 0 Å².